The highest BCUT2D eigenvalue weighted by Crippen LogP contribution is 2.30. The topological polar surface area (TPSA) is 82.2 Å². The zero-order valence-electron chi connectivity index (χ0n) is 12.5. The second-order valence-electron chi connectivity index (χ2n) is 5.16. The van der Waals surface area contributed by atoms with E-state index in [9.17, 15) is 22.0 Å². The third-order valence-electron chi connectivity index (χ3n) is 3.38. The summed E-state index contributed by atoms with van der Waals surface area (Å²) in [7, 11) is -4.58. The Balaban J connectivity index is 2.26. The highest BCUT2D eigenvalue weighted by molar-refractivity contribution is 7.89. The molecule has 11 heteroatoms. The molecule has 0 radical (unpaired) electrons. The molecular weight excluding hydrogens is 429 g/mol. The molecule has 3 rings (SSSR count). The molecule has 0 unspecified atom stereocenters. The molecule has 0 fully saturated rings. The predicted molar refractivity (Wildman–Crippen MR) is 96.7 cm³/mol. The zero-order valence-corrected chi connectivity index (χ0v) is 15.7. The number of nitrogens with two attached hydrogens (primary N) is 1. The van der Waals surface area contributed by atoms with E-state index in [-0.39, 0.29) is 21.3 Å². The van der Waals surface area contributed by atoms with Crippen molar-refractivity contribution in [2.45, 2.75) is 4.90 Å². The molecule has 136 valence electrons. The largest absolute Gasteiger partial charge is 0.312 e. The van der Waals surface area contributed by atoms with Crippen molar-refractivity contribution in [3.05, 3.63) is 67.1 Å². The number of primary sulfonamides is 1. The van der Waals surface area contributed by atoms with Crippen LogP contribution in [0.1, 0.15) is 0 Å². The number of nitrogens with zero attached hydrogens (tertiary/aromatic N) is 1. The van der Waals surface area contributed by atoms with Crippen LogP contribution in [0.25, 0.3) is 16.9 Å². The van der Waals surface area contributed by atoms with E-state index in [2.05, 4.69) is 0 Å². The molecule has 3 aromatic rings. The average molecular weight is 437 g/mol. The van der Waals surface area contributed by atoms with E-state index in [1.165, 1.54) is 23.6 Å². The highest BCUT2D eigenvalue weighted by atomic mass is 35.5. The number of halogens is 4. The maximum absolute atomic E-state index is 14.1. The van der Waals surface area contributed by atoms with Crippen LogP contribution in [0.2, 0.25) is 10.0 Å². The maximum Gasteiger partial charge on any atom is 0.312 e. The summed E-state index contributed by atoms with van der Waals surface area (Å²) < 4.78 is 52.0. The molecule has 1 heterocycles. The fourth-order valence-corrected chi connectivity index (χ4v) is 4.34. The second kappa shape index (κ2) is 6.75. The Labute approximate surface area is 160 Å². The summed E-state index contributed by atoms with van der Waals surface area (Å²) in [4.78, 5) is 10.5. The van der Waals surface area contributed by atoms with Gasteiger partial charge in [0.15, 0.2) is 4.90 Å². The number of hydrogen-bond donors (Lipinski definition) is 1. The van der Waals surface area contributed by atoms with E-state index >= 15 is 0 Å². The van der Waals surface area contributed by atoms with E-state index in [0.717, 1.165) is 28.0 Å². The molecule has 0 aliphatic heterocycles. The van der Waals surface area contributed by atoms with Crippen molar-refractivity contribution in [3.63, 3.8) is 0 Å². The normalized spacial score (nSPS) is 11.7. The van der Waals surface area contributed by atoms with Crippen LogP contribution >= 0.6 is 34.5 Å². The van der Waals surface area contributed by atoms with Crippen LogP contribution in [-0.4, -0.2) is 13.0 Å². The van der Waals surface area contributed by atoms with E-state index < -0.39 is 31.4 Å². The van der Waals surface area contributed by atoms with Gasteiger partial charge in [-0.2, -0.15) is 0 Å². The quantitative estimate of drug-likeness (QED) is 0.677. The van der Waals surface area contributed by atoms with Gasteiger partial charge in [0, 0.05) is 21.0 Å². The van der Waals surface area contributed by atoms with E-state index in [1.54, 1.807) is 0 Å². The summed E-state index contributed by atoms with van der Waals surface area (Å²) in [6, 6.07) is 5.94. The Hall–Kier alpha value is -1.78. The molecule has 0 saturated heterocycles. The van der Waals surface area contributed by atoms with Crippen LogP contribution in [0, 0.1) is 11.6 Å². The first kappa shape index (κ1) is 19.0. The molecule has 0 aliphatic rings. The minimum atomic E-state index is -4.58. The van der Waals surface area contributed by atoms with Crippen molar-refractivity contribution in [2.75, 3.05) is 0 Å². The number of hydrogen-bond acceptors (Lipinski definition) is 4. The monoisotopic (exact) mass is 436 g/mol. The summed E-state index contributed by atoms with van der Waals surface area (Å²) in [5.74, 6) is -2.73. The van der Waals surface area contributed by atoms with Crippen LogP contribution in [0.4, 0.5) is 8.78 Å². The van der Waals surface area contributed by atoms with Gasteiger partial charge in [-0.3, -0.25) is 9.36 Å². The molecule has 0 spiro atoms. The van der Waals surface area contributed by atoms with Gasteiger partial charge >= 0.3 is 4.87 Å². The lowest BCUT2D eigenvalue weighted by Gasteiger charge is -2.11. The van der Waals surface area contributed by atoms with E-state index in [4.69, 9.17) is 28.3 Å². The zero-order chi connectivity index (χ0) is 19.2. The first-order valence-corrected chi connectivity index (χ1v) is 9.95. The van der Waals surface area contributed by atoms with Gasteiger partial charge in [-0.1, -0.05) is 34.5 Å². The summed E-state index contributed by atoms with van der Waals surface area (Å²) in [5, 5.41) is 6.72. The third kappa shape index (κ3) is 3.53. The predicted octanol–water partition coefficient (Wildman–Crippen LogP) is 3.80. The average Bonchev–Trinajstić information content (AvgIpc) is 2.85. The molecule has 2 aromatic carbocycles. The van der Waals surface area contributed by atoms with Crippen LogP contribution in [0.15, 0.2) is 45.4 Å². The summed E-state index contributed by atoms with van der Waals surface area (Å²) in [5.41, 5.74) is 0.374. The van der Waals surface area contributed by atoms with Crippen molar-refractivity contribution in [1.29, 1.82) is 0 Å². The summed E-state index contributed by atoms with van der Waals surface area (Å²) >= 11 is 12.7. The smallest absolute Gasteiger partial charge is 0.267 e. The number of aromatic nitrogens is 1. The maximum atomic E-state index is 14.1. The third-order valence-corrected chi connectivity index (χ3v) is 5.50. The number of benzene rings is 2. The van der Waals surface area contributed by atoms with Gasteiger partial charge < -0.3 is 0 Å². The van der Waals surface area contributed by atoms with Gasteiger partial charge in [0.05, 0.1) is 11.4 Å². The lowest BCUT2D eigenvalue weighted by molar-refractivity contribution is 0.520. The lowest BCUT2D eigenvalue weighted by atomic mass is 10.1. The van der Waals surface area contributed by atoms with Crippen molar-refractivity contribution in [3.8, 4) is 16.9 Å². The number of thiazole rings is 1. The number of sulfonamides is 1. The van der Waals surface area contributed by atoms with Gasteiger partial charge in [0.2, 0.25) is 10.0 Å². The van der Waals surface area contributed by atoms with Crippen molar-refractivity contribution in [1.82, 2.24) is 4.57 Å². The van der Waals surface area contributed by atoms with Crippen molar-refractivity contribution in [2.24, 2.45) is 5.14 Å². The van der Waals surface area contributed by atoms with Gasteiger partial charge in [-0.05, 0) is 30.3 Å². The van der Waals surface area contributed by atoms with Gasteiger partial charge in [0.25, 0.3) is 0 Å². The fourth-order valence-electron chi connectivity index (χ4n) is 2.40. The Bertz CT molecular complexity index is 1150. The molecule has 1 aromatic heterocycles. The lowest BCUT2D eigenvalue weighted by Crippen LogP contribution is -2.17. The minimum absolute atomic E-state index is 0.0538. The SMILES string of the molecule is NS(=O)(=O)c1c(F)cc(-c2csc(=O)n2-c2cc(Cl)cc(Cl)c2)cc1F. The van der Waals surface area contributed by atoms with Crippen molar-refractivity contribution >= 4 is 44.6 Å². The Morgan fingerprint density at radius 1 is 1.00 bits per heavy atom. The molecular formula is C15H8Cl2F2N2O3S2. The molecule has 26 heavy (non-hydrogen) atoms. The Morgan fingerprint density at radius 2 is 1.54 bits per heavy atom. The van der Waals surface area contributed by atoms with Gasteiger partial charge in [-0.15, -0.1) is 0 Å². The Morgan fingerprint density at radius 3 is 2.04 bits per heavy atom. The standard InChI is InChI=1S/C15H8Cl2F2N2O3S2/c16-8-3-9(17)5-10(4-8)21-13(6-25-15(21)22)7-1-11(18)14(12(19)2-7)26(20,23)24/h1-6H,(H2,20,23,24). The van der Waals surface area contributed by atoms with Crippen LogP contribution in [0.3, 0.4) is 0 Å². The molecule has 0 saturated carbocycles. The molecule has 0 bridgehead atoms. The fraction of sp³-hybridized carbons (Fsp3) is 0. The van der Waals surface area contributed by atoms with Gasteiger partial charge in [-0.25, -0.2) is 22.3 Å². The van der Waals surface area contributed by atoms with Gasteiger partial charge in [0.1, 0.15) is 11.6 Å². The Kier molecular flexibility index (Phi) is 4.93. The molecule has 0 aliphatic carbocycles. The number of rotatable bonds is 3. The molecule has 5 nitrogen and oxygen atoms in total. The second-order valence-corrected chi connectivity index (χ2v) is 8.36. The summed E-state index contributed by atoms with van der Waals surface area (Å²) in [6.45, 7) is 0. The highest BCUT2D eigenvalue weighted by Gasteiger charge is 2.23. The van der Waals surface area contributed by atoms with Crippen LogP contribution in [0.5, 0.6) is 0 Å². The molecule has 0 amide bonds. The minimum Gasteiger partial charge on any atom is -0.267 e. The molecule has 0 atom stereocenters. The molecule has 2 N–H and O–H groups in total. The first-order chi connectivity index (χ1) is 12.1. The van der Waals surface area contributed by atoms with Crippen LogP contribution in [-0.2, 0) is 10.0 Å². The van der Waals surface area contributed by atoms with E-state index in [0.29, 0.717) is 5.69 Å². The summed E-state index contributed by atoms with van der Waals surface area (Å²) in [6.07, 6.45) is 0. The van der Waals surface area contributed by atoms with Crippen LogP contribution < -0.4 is 10.0 Å². The van der Waals surface area contributed by atoms with E-state index in [1.807, 2.05) is 0 Å². The first-order valence-electron chi connectivity index (χ1n) is 6.77. The van der Waals surface area contributed by atoms with Crippen molar-refractivity contribution < 1.29 is 17.2 Å².